The van der Waals surface area contributed by atoms with Crippen LogP contribution in [0.25, 0.3) is 17.1 Å². The number of aromatic nitrogens is 6. The molecule has 0 saturated heterocycles. The van der Waals surface area contributed by atoms with Crippen molar-refractivity contribution in [3.05, 3.63) is 74.9 Å². The van der Waals surface area contributed by atoms with Crippen LogP contribution in [0.2, 0.25) is 0 Å². The van der Waals surface area contributed by atoms with Gasteiger partial charge in [-0.05, 0) is 68.3 Å². The van der Waals surface area contributed by atoms with Gasteiger partial charge in [-0.2, -0.15) is 10.4 Å². The van der Waals surface area contributed by atoms with Crippen LogP contribution in [0, 0.1) is 11.3 Å². The monoisotopic (exact) mass is 483 g/mol. The van der Waals surface area contributed by atoms with Gasteiger partial charge in [-0.3, -0.25) is 0 Å². The topological polar surface area (TPSA) is 85.2 Å². The summed E-state index contributed by atoms with van der Waals surface area (Å²) in [6, 6.07) is 17.3. The van der Waals surface area contributed by atoms with Crippen LogP contribution >= 0.6 is 31.9 Å². The Hall–Kier alpha value is -2.83. The second kappa shape index (κ2) is 7.42. The van der Waals surface area contributed by atoms with Crippen LogP contribution in [0.3, 0.4) is 0 Å². The second-order valence-corrected chi connectivity index (χ2v) is 7.37. The van der Waals surface area contributed by atoms with Gasteiger partial charge in [-0.25, -0.2) is 9.36 Å². The van der Waals surface area contributed by atoms with Gasteiger partial charge >= 0.3 is 0 Å². The van der Waals surface area contributed by atoms with Crippen LogP contribution in [0.15, 0.2) is 63.8 Å². The molecule has 0 amide bonds. The summed E-state index contributed by atoms with van der Waals surface area (Å²) in [6.45, 7) is 0.490. The molecule has 0 saturated carbocycles. The first kappa shape index (κ1) is 17.6. The largest absolute Gasteiger partial charge is 0.226 e. The van der Waals surface area contributed by atoms with Crippen LogP contribution in [0.5, 0.6) is 0 Å². The molecule has 0 bridgehead atoms. The Kier molecular flexibility index (Phi) is 4.83. The molecule has 132 valence electrons. The van der Waals surface area contributed by atoms with Gasteiger partial charge in [0, 0.05) is 4.47 Å². The normalized spacial score (nSPS) is 10.7. The molecule has 4 rings (SSSR count). The first-order valence-electron chi connectivity index (χ1n) is 7.91. The molecular formula is C18H11Br2N7. The van der Waals surface area contributed by atoms with Crippen LogP contribution < -0.4 is 0 Å². The number of tetrazole rings is 1. The van der Waals surface area contributed by atoms with Crippen LogP contribution in [0.4, 0.5) is 0 Å². The van der Waals surface area contributed by atoms with Crippen molar-refractivity contribution >= 4 is 31.9 Å². The molecular weight excluding hydrogens is 474 g/mol. The quantitative estimate of drug-likeness (QED) is 0.437. The van der Waals surface area contributed by atoms with Gasteiger partial charge in [0.25, 0.3) is 0 Å². The van der Waals surface area contributed by atoms with Crippen molar-refractivity contribution in [1.82, 2.24) is 30.0 Å². The molecule has 0 atom stereocenters. The summed E-state index contributed by atoms with van der Waals surface area (Å²) in [5.41, 5.74) is 3.33. The SMILES string of the molecule is N#Cc1ccc(Cn2nnnc2-c2cnn(-c3ccc(Br)cc3)c2Br)cc1. The van der Waals surface area contributed by atoms with Gasteiger partial charge in [-0.15, -0.1) is 5.10 Å². The lowest BCUT2D eigenvalue weighted by atomic mass is 10.1. The zero-order valence-electron chi connectivity index (χ0n) is 13.8. The van der Waals surface area contributed by atoms with Crippen molar-refractivity contribution in [3.8, 4) is 23.1 Å². The fraction of sp³-hybridized carbons (Fsp3) is 0.0556. The Morgan fingerprint density at radius 1 is 1.00 bits per heavy atom. The zero-order valence-corrected chi connectivity index (χ0v) is 17.0. The number of halogens is 2. The Balaban J connectivity index is 1.66. The van der Waals surface area contributed by atoms with E-state index in [2.05, 4.69) is 58.6 Å². The van der Waals surface area contributed by atoms with Crippen molar-refractivity contribution in [2.75, 3.05) is 0 Å². The van der Waals surface area contributed by atoms with Gasteiger partial charge in [-0.1, -0.05) is 28.1 Å². The summed E-state index contributed by atoms with van der Waals surface area (Å²) in [5, 5.41) is 25.4. The lowest BCUT2D eigenvalue weighted by molar-refractivity contribution is 0.653. The Morgan fingerprint density at radius 3 is 2.44 bits per heavy atom. The second-order valence-electron chi connectivity index (χ2n) is 5.71. The van der Waals surface area contributed by atoms with E-state index in [0.29, 0.717) is 17.9 Å². The van der Waals surface area contributed by atoms with Gasteiger partial charge < -0.3 is 0 Å². The summed E-state index contributed by atoms with van der Waals surface area (Å²) in [6.07, 6.45) is 1.73. The van der Waals surface area contributed by atoms with Crippen LogP contribution in [-0.2, 0) is 6.54 Å². The van der Waals surface area contributed by atoms with E-state index < -0.39 is 0 Å². The third kappa shape index (κ3) is 3.54. The van der Waals surface area contributed by atoms with Gasteiger partial charge in [0.2, 0.25) is 0 Å². The molecule has 0 aliphatic heterocycles. The maximum Gasteiger partial charge on any atom is 0.186 e. The number of nitriles is 1. The average molecular weight is 485 g/mol. The fourth-order valence-corrected chi connectivity index (χ4v) is 3.45. The molecule has 0 radical (unpaired) electrons. The zero-order chi connectivity index (χ0) is 18.8. The summed E-state index contributed by atoms with van der Waals surface area (Å²) in [4.78, 5) is 0. The van der Waals surface area contributed by atoms with Crippen molar-refractivity contribution in [2.45, 2.75) is 6.54 Å². The molecule has 0 fully saturated rings. The molecule has 0 spiro atoms. The molecule has 4 aromatic rings. The highest BCUT2D eigenvalue weighted by Gasteiger charge is 2.18. The number of rotatable bonds is 4. The summed E-state index contributed by atoms with van der Waals surface area (Å²) in [5.74, 6) is 0.606. The third-order valence-electron chi connectivity index (χ3n) is 3.97. The maximum atomic E-state index is 8.92. The standard InChI is InChI=1S/C18H11Br2N7/c19-14-5-7-15(8-6-14)27-17(20)16(10-22-27)18-23-24-25-26(18)11-13-3-1-12(9-21)2-4-13/h1-8,10H,11H2. The van der Waals surface area contributed by atoms with E-state index in [0.717, 1.165) is 25.9 Å². The van der Waals surface area contributed by atoms with E-state index in [4.69, 9.17) is 5.26 Å². The molecule has 9 heteroatoms. The molecule has 2 aromatic heterocycles. The van der Waals surface area contributed by atoms with Gasteiger partial charge in [0.1, 0.15) is 4.60 Å². The van der Waals surface area contributed by atoms with E-state index in [1.807, 2.05) is 36.4 Å². The van der Waals surface area contributed by atoms with E-state index in [1.54, 1.807) is 27.7 Å². The van der Waals surface area contributed by atoms with Crippen molar-refractivity contribution in [2.24, 2.45) is 0 Å². The van der Waals surface area contributed by atoms with Crippen molar-refractivity contribution in [3.63, 3.8) is 0 Å². The molecule has 2 aromatic carbocycles. The first-order valence-corrected chi connectivity index (χ1v) is 9.49. The predicted octanol–water partition coefficient (Wildman–Crippen LogP) is 3.97. The lowest BCUT2D eigenvalue weighted by Crippen LogP contribution is -2.04. The highest BCUT2D eigenvalue weighted by molar-refractivity contribution is 9.10. The van der Waals surface area contributed by atoms with E-state index in [1.165, 1.54) is 0 Å². The number of benzene rings is 2. The van der Waals surface area contributed by atoms with E-state index in [9.17, 15) is 0 Å². The minimum absolute atomic E-state index is 0.490. The Labute approximate surface area is 171 Å². The molecule has 0 N–H and O–H groups in total. The lowest BCUT2D eigenvalue weighted by Gasteiger charge is -2.06. The van der Waals surface area contributed by atoms with Gasteiger partial charge in [0.15, 0.2) is 5.82 Å². The summed E-state index contributed by atoms with van der Waals surface area (Å²) < 4.78 is 5.25. The Bertz CT molecular complexity index is 1120. The molecule has 27 heavy (non-hydrogen) atoms. The van der Waals surface area contributed by atoms with Gasteiger partial charge in [0.05, 0.1) is 35.6 Å². The minimum Gasteiger partial charge on any atom is -0.226 e. The summed E-state index contributed by atoms with van der Waals surface area (Å²) >= 11 is 7.04. The molecule has 2 heterocycles. The maximum absolute atomic E-state index is 8.92. The highest BCUT2D eigenvalue weighted by atomic mass is 79.9. The smallest absolute Gasteiger partial charge is 0.186 e. The van der Waals surface area contributed by atoms with Crippen LogP contribution in [-0.4, -0.2) is 30.0 Å². The minimum atomic E-state index is 0.490. The average Bonchev–Trinajstić information content (AvgIpc) is 3.29. The predicted molar refractivity (Wildman–Crippen MR) is 106 cm³/mol. The Morgan fingerprint density at radius 2 is 1.74 bits per heavy atom. The number of hydrogen-bond acceptors (Lipinski definition) is 5. The van der Waals surface area contributed by atoms with Crippen molar-refractivity contribution in [1.29, 1.82) is 5.26 Å². The first-order chi connectivity index (χ1) is 13.2. The van der Waals surface area contributed by atoms with E-state index >= 15 is 0 Å². The molecule has 0 aliphatic rings. The van der Waals surface area contributed by atoms with E-state index in [-0.39, 0.29) is 0 Å². The third-order valence-corrected chi connectivity index (χ3v) is 5.26. The highest BCUT2D eigenvalue weighted by Crippen LogP contribution is 2.29. The molecule has 7 nitrogen and oxygen atoms in total. The van der Waals surface area contributed by atoms with Crippen LogP contribution in [0.1, 0.15) is 11.1 Å². The number of nitrogens with zero attached hydrogens (tertiary/aromatic N) is 7. The molecule has 0 unspecified atom stereocenters. The number of hydrogen-bond donors (Lipinski definition) is 0. The van der Waals surface area contributed by atoms with Crippen molar-refractivity contribution < 1.29 is 0 Å². The summed E-state index contributed by atoms with van der Waals surface area (Å²) in [7, 11) is 0. The fourth-order valence-electron chi connectivity index (χ4n) is 2.61. The molecule has 0 aliphatic carbocycles.